The van der Waals surface area contributed by atoms with Crippen molar-refractivity contribution in [2.75, 3.05) is 25.7 Å². The molecule has 0 spiro atoms. The molecule has 1 aliphatic carbocycles. The Bertz CT molecular complexity index is 719. The minimum Gasteiger partial charge on any atom is -0.493 e. The van der Waals surface area contributed by atoms with E-state index in [9.17, 15) is 0 Å². The number of fused-ring (bicyclic) bond motifs is 2. The van der Waals surface area contributed by atoms with Crippen LogP contribution in [0.3, 0.4) is 0 Å². The summed E-state index contributed by atoms with van der Waals surface area (Å²) in [5.41, 5.74) is 0.909. The number of benzene rings is 1. The van der Waals surface area contributed by atoms with Gasteiger partial charge in [0, 0.05) is 24.0 Å². The molecule has 0 N–H and O–H groups in total. The molecule has 5 nitrogen and oxygen atoms in total. The first kappa shape index (κ1) is 14.5. The van der Waals surface area contributed by atoms with E-state index in [2.05, 4.69) is 14.9 Å². The van der Waals surface area contributed by atoms with Crippen LogP contribution in [-0.2, 0) is 0 Å². The van der Waals surface area contributed by atoms with Crippen LogP contribution in [0, 0.1) is 5.92 Å². The van der Waals surface area contributed by atoms with Crippen LogP contribution in [0.1, 0.15) is 32.1 Å². The predicted octanol–water partition coefficient (Wildman–Crippen LogP) is 3.42. The van der Waals surface area contributed by atoms with Crippen LogP contribution in [0.4, 0.5) is 5.82 Å². The second-order valence-electron chi connectivity index (χ2n) is 6.52. The van der Waals surface area contributed by atoms with Gasteiger partial charge >= 0.3 is 0 Å². The summed E-state index contributed by atoms with van der Waals surface area (Å²) in [5.74, 6) is 3.32. The van der Waals surface area contributed by atoms with Crippen LogP contribution in [0.2, 0.25) is 0 Å². The molecule has 2 fully saturated rings. The third-order valence-corrected chi connectivity index (χ3v) is 5.40. The van der Waals surface area contributed by atoms with Crippen molar-refractivity contribution in [2.45, 2.75) is 38.1 Å². The number of methoxy groups -OCH3 is 2. The third-order valence-electron chi connectivity index (χ3n) is 5.40. The molecule has 0 radical (unpaired) electrons. The van der Waals surface area contributed by atoms with Gasteiger partial charge in [-0.25, -0.2) is 9.97 Å². The Hall–Kier alpha value is -2.04. The standard InChI is InChI=1S/C18H23N3O2/c1-22-16-9-13-14(10-17(16)23-2)19-11-20-18(13)21-8-7-12-5-3-4-6-15(12)21/h9-12,15H,3-8H2,1-2H3/t12-,15-/m1/s1. The first-order valence-electron chi connectivity index (χ1n) is 8.45. The van der Waals surface area contributed by atoms with Crippen molar-refractivity contribution in [1.29, 1.82) is 0 Å². The molecule has 0 amide bonds. The average molecular weight is 313 g/mol. The zero-order chi connectivity index (χ0) is 15.8. The van der Waals surface area contributed by atoms with Gasteiger partial charge in [0.2, 0.25) is 0 Å². The van der Waals surface area contributed by atoms with Crippen LogP contribution in [0.25, 0.3) is 10.9 Å². The molecule has 1 aliphatic heterocycles. The topological polar surface area (TPSA) is 47.5 Å². The van der Waals surface area contributed by atoms with Crippen LogP contribution in [-0.4, -0.2) is 36.8 Å². The Labute approximate surface area is 136 Å². The zero-order valence-corrected chi connectivity index (χ0v) is 13.8. The number of ether oxygens (including phenoxy) is 2. The Kier molecular flexibility index (Phi) is 3.71. The van der Waals surface area contributed by atoms with Crippen molar-refractivity contribution < 1.29 is 9.47 Å². The molecule has 1 saturated heterocycles. The van der Waals surface area contributed by atoms with Gasteiger partial charge in [-0.15, -0.1) is 0 Å². The minimum atomic E-state index is 0.634. The van der Waals surface area contributed by atoms with Gasteiger partial charge in [-0.3, -0.25) is 0 Å². The van der Waals surface area contributed by atoms with E-state index >= 15 is 0 Å². The molecule has 2 aliphatic rings. The van der Waals surface area contributed by atoms with Gasteiger partial charge < -0.3 is 14.4 Å². The summed E-state index contributed by atoms with van der Waals surface area (Å²) in [5, 5.41) is 1.05. The Balaban J connectivity index is 1.80. The molecule has 23 heavy (non-hydrogen) atoms. The summed E-state index contributed by atoms with van der Waals surface area (Å²) >= 11 is 0. The molecular formula is C18H23N3O2. The quantitative estimate of drug-likeness (QED) is 0.869. The fourth-order valence-corrected chi connectivity index (χ4v) is 4.27. The monoisotopic (exact) mass is 313 g/mol. The zero-order valence-electron chi connectivity index (χ0n) is 13.8. The number of hydrogen-bond acceptors (Lipinski definition) is 5. The Morgan fingerprint density at radius 1 is 1.00 bits per heavy atom. The maximum atomic E-state index is 5.47. The Morgan fingerprint density at radius 2 is 1.78 bits per heavy atom. The van der Waals surface area contributed by atoms with Gasteiger partial charge in [-0.05, 0) is 31.2 Å². The molecule has 1 saturated carbocycles. The highest BCUT2D eigenvalue weighted by Gasteiger charge is 2.37. The van der Waals surface area contributed by atoms with Gasteiger partial charge in [-0.1, -0.05) is 12.8 Å². The van der Waals surface area contributed by atoms with Crippen molar-refractivity contribution in [2.24, 2.45) is 5.92 Å². The van der Waals surface area contributed by atoms with E-state index in [1.54, 1.807) is 20.5 Å². The van der Waals surface area contributed by atoms with Crippen molar-refractivity contribution in [3.8, 4) is 11.5 Å². The summed E-state index contributed by atoms with van der Waals surface area (Å²) in [6.07, 6.45) is 8.30. The van der Waals surface area contributed by atoms with E-state index in [4.69, 9.17) is 9.47 Å². The van der Waals surface area contributed by atoms with Crippen LogP contribution in [0.15, 0.2) is 18.5 Å². The third kappa shape index (κ3) is 2.38. The maximum Gasteiger partial charge on any atom is 0.162 e. The molecule has 0 unspecified atom stereocenters. The Morgan fingerprint density at radius 3 is 2.61 bits per heavy atom. The summed E-state index contributed by atoms with van der Waals surface area (Å²) < 4.78 is 10.9. The average Bonchev–Trinajstić information content (AvgIpc) is 3.03. The summed E-state index contributed by atoms with van der Waals surface area (Å²) in [6.45, 7) is 1.09. The second-order valence-corrected chi connectivity index (χ2v) is 6.52. The normalized spacial score (nSPS) is 23.8. The van der Waals surface area contributed by atoms with Crippen molar-refractivity contribution >= 4 is 16.7 Å². The van der Waals surface area contributed by atoms with Crippen molar-refractivity contribution in [3.05, 3.63) is 18.5 Å². The molecule has 4 rings (SSSR count). The molecule has 5 heteroatoms. The number of nitrogens with zero attached hydrogens (tertiary/aromatic N) is 3. The number of rotatable bonds is 3. The first-order chi connectivity index (χ1) is 11.3. The van der Waals surface area contributed by atoms with E-state index in [1.807, 2.05) is 12.1 Å². The minimum absolute atomic E-state index is 0.634. The lowest BCUT2D eigenvalue weighted by molar-refractivity contribution is 0.341. The lowest BCUT2D eigenvalue weighted by Crippen LogP contribution is -2.35. The molecule has 2 heterocycles. The highest BCUT2D eigenvalue weighted by atomic mass is 16.5. The maximum absolute atomic E-state index is 5.47. The SMILES string of the molecule is COc1cc2ncnc(N3CC[C@H]4CCCC[C@H]43)c2cc1OC. The smallest absolute Gasteiger partial charge is 0.162 e. The molecule has 1 aromatic heterocycles. The molecule has 2 atom stereocenters. The largest absolute Gasteiger partial charge is 0.493 e. The molecule has 122 valence electrons. The van der Waals surface area contributed by atoms with Gasteiger partial charge in [0.1, 0.15) is 12.1 Å². The fourth-order valence-electron chi connectivity index (χ4n) is 4.27. The fraction of sp³-hybridized carbons (Fsp3) is 0.556. The van der Waals surface area contributed by atoms with Gasteiger partial charge in [0.15, 0.2) is 11.5 Å². The van der Waals surface area contributed by atoms with Crippen molar-refractivity contribution in [3.63, 3.8) is 0 Å². The van der Waals surface area contributed by atoms with E-state index in [0.717, 1.165) is 34.9 Å². The summed E-state index contributed by atoms with van der Waals surface area (Å²) in [6, 6.07) is 4.59. The number of aromatic nitrogens is 2. The van der Waals surface area contributed by atoms with E-state index in [1.165, 1.54) is 32.1 Å². The molecule has 0 bridgehead atoms. The van der Waals surface area contributed by atoms with Crippen LogP contribution in [0.5, 0.6) is 11.5 Å². The highest BCUT2D eigenvalue weighted by molar-refractivity contribution is 5.92. The molecule has 1 aromatic carbocycles. The van der Waals surface area contributed by atoms with Gasteiger partial charge in [0.05, 0.1) is 19.7 Å². The number of anilines is 1. The van der Waals surface area contributed by atoms with E-state index in [-0.39, 0.29) is 0 Å². The summed E-state index contributed by atoms with van der Waals surface area (Å²) in [4.78, 5) is 11.6. The molecular weight excluding hydrogens is 290 g/mol. The second kappa shape index (κ2) is 5.87. The number of hydrogen-bond donors (Lipinski definition) is 0. The van der Waals surface area contributed by atoms with E-state index in [0.29, 0.717) is 11.8 Å². The van der Waals surface area contributed by atoms with E-state index < -0.39 is 0 Å². The van der Waals surface area contributed by atoms with Gasteiger partial charge in [-0.2, -0.15) is 0 Å². The lowest BCUT2D eigenvalue weighted by Gasteiger charge is -2.32. The van der Waals surface area contributed by atoms with Crippen molar-refractivity contribution in [1.82, 2.24) is 9.97 Å². The predicted molar refractivity (Wildman–Crippen MR) is 90.4 cm³/mol. The van der Waals surface area contributed by atoms with Gasteiger partial charge in [0.25, 0.3) is 0 Å². The highest BCUT2D eigenvalue weighted by Crippen LogP contribution is 2.41. The first-order valence-corrected chi connectivity index (χ1v) is 8.45. The van der Waals surface area contributed by atoms with Crippen LogP contribution >= 0.6 is 0 Å². The lowest BCUT2D eigenvalue weighted by atomic mass is 9.85. The molecule has 2 aromatic rings. The van der Waals surface area contributed by atoms with Crippen LogP contribution < -0.4 is 14.4 Å². The summed E-state index contributed by atoms with van der Waals surface area (Å²) in [7, 11) is 3.32.